The Hall–Kier alpha value is -3.87. The number of hydrogen-bond donors (Lipinski definition) is 1. The van der Waals surface area contributed by atoms with Crippen molar-refractivity contribution in [3.05, 3.63) is 88.3 Å². The highest BCUT2D eigenvalue weighted by atomic mass is 16.5. The standard InChI is InChI=1S/C23H23N5O2/c1-16-6-4-9-22(28-23(29)24-25-26-28)21(16)15-30-20-8-5-7-18(14-20)17-10-12-19(13-11-17)27(2)3/h4-14H,15H2,1-3H3,(H,24,26,29). The summed E-state index contributed by atoms with van der Waals surface area (Å²) < 4.78 is 7.34. The molecular formula is C23H23N5O2. The number of aromatic nitrogens is 4. The minimum Gasteiger partial charge on any atom is -0.489 e. The molecule has 7 nitrogen and oxygen atoms in total. The average molecular weight is 401 g/mol. The second kappa shape index (κ2) is 8.24. The van der Waals surface area contributed by atoms with Gasteiger partial charge in [0.25, 0.3) is 0 Å². The molecule has 0 amide bonds. The Bertz CT molecular complexity index is 1210. The van der Waals surface area contributed by atoms with Gasteiger partial charge < -0.3 is 9.64 Å². The van der Waals surface area contributed by atoms with E-state index in [1.807, 2.05) is 57.4 Å². The second-order valence-electron chi connectivity index (χ2n) is 7.25. The molecule has 1 N–H and O–H groups in total. The van der Waals surface area contributed by atoms with Gasteiger partial charge in [0.05, 0.1) is 5.69 Å². The largest absolute Gasteiger partial charge is 0.489 e. The van der Waals surface area contributed by atoms with E-state index >= 15 is 0 Å². The summed E-state index contributed by atoms with van der Waals surface area (Å²) >= 11 is 0. The Morgan fingerprint density at radius 3 is 2.47 bits per heavy atom. The van der Waals surface area contributed by atoms with Crippen molar-refractivity contribution < 1.29 is 4.74 Å². The van der Waals surface area contributed by atoms with Gasteiger partial charge in [-0.1, -0.05) is 36.4 Å². The van der Waals surface area contributed by atoms with Gasteiger partial charge in [0.1, 0.15) is 12.4 Å². The van der Waals surface area contributed by atoms with Crippen LogP contribution in [0.1, 0.15) is 11.1 Å². The van der Waals surface area contributed by atoms with Crippen LogP contribution in [0.5, 0.6) is 5.75 Å². The Morgan fingerprint density at radius 1 is 1.00 bits per heavy atom. The van der Waals surface area contributed by atoms with Crippen molar-refractivity contribution >= 4 is 5.69 Å². The van der Waals surface area contributed by atoms with E-state index in [9.17, 15) is 4.79 Å². The summed E-state index contributed by atoms with van der Waals surface area (Å²) in [5, 5.41) is 9.76. The SMILES string of the molecule is Cc1cccc(-n2nn[nH]c2=O)c1COc1cccc(-c2ccc(N(C)C)cc2)c1. The molecule has 1 heterocycles. The quantitative estimate of drug-likeness (QED) is 0.534. The number of anilines is 1. The molecule has 0 saturated carbocycles. The molecule has 0 aliphatic carbocycles. The van der Waals surface area contributed by atoms with E-state index in [1.165, 1.54) is 4.68 Å². The van der Waals surface area contributed by atoms with Crippen LogP contribution in [0.25, 0.3) is 16.8 Å². The van der Waals surface area contributed by atoms with Gasteiger partial charge in [0.2, 0.25) is 0 Å². The first-order valence-electron chi connectivity index (χ1n) is 9.63. The fraction of sp³-hybridized carbons (Fsp3) is 0.174. The van der Waals surface area contributed by atoms with E-state index in [0.717, 1.165) is 33.7 Å². The van der Waals surface area contributed by atoms with Gasteiger partial charge >= 0.3 is 5.69 Å². The lowest BCUT2D eigenvalue weighted by atomic mass is 10.0. The van der Waals surface area contributed by atoms with Crippen LogP contribution in [0.3, 0.4) is 0 Å². The third-order valence-corrected chi connectivity index (χ3v) is 5.02. The van der Waals surface area contributed by atoms with Gasteiger partial charge in [-0.2, -0.15) is 4.68 Å². The van der Waals surface area contributed by atoms with Crippen LogP contribution in [0.15, 0.2) is 71.5 Å². The summed E-state index contributed by atoms with van der Waals surface area (Å²) in [6, 6.07) is 22.1. The van der Waals surface area contributed by atoms with Crippen LogP contribution in [0.2, 0.25) is 0 Å². The molecule has 0 atom stereocenters. The van der Waals surface area contributed by atoms with Gasteiger partial charge in [-0.05, 0) is 64.4 Å². The summed E-state index contributed by atoms with van der Waals surface area (Å²) in [4.78, 5) is 14.0. The molecule has 7 heteroatoms. The van der Waals surface area contributed by atoms with Crippen LogP contribution < -0.4 is 15.3 Å². The number of benzene rings is 3. The van der Waals surface area contributed by atoms with Crippen LogP contribution in [0.4, 0.5) is 5.69 Å². The minimum absolute atomic E-state index is 0.310. The van der Waals surface area contributed by atoms with E-state index in [2.05, 4.69) is 50.8 Å². The molecule has 0 spiro atoms. The number of rotatable bonds is 6. The summed E-state index contributed by atoms with van der Waals surface area (Å²) in [7, 11) is 4.05. The third-order valence-electron chi connectivity index (χ3n) is 5.02. The van der Waals surface area contributed by atoms with Crippen molar-refractivity contribution in [2.24, 2.45) is 0 Å². The molecule has 4 aromatic rings. The predicted octanol–water partition coefficient (Wildman–Crippen LogP) is 3.58. The number of H-pyrrole nitrogens is 1. The van der Waals surface area contributed by atoms with E-state index in [-0.39, 0.29) is 5.69 Å². The summed E-state index contributed by atoms with van der Waals surface area (Å²) in [5.74, 6) is 0.755. The lowest BCUT2D eigenvalue weighted by Crippen LogP contribution is -2.18. The van der Waals surface area contributed by atoms with Gasteiger partial charge in [-0.15, -0.1) is 0 Å². The topological polar surface area (TPSA) is 76.0 Å². The molecule has 0 radical (unpaired) electrons. The van der Waals surface area contributed by atoms with Gasteiger partial charge in [-0.3, -0.25) is 0 Å². The maximum absolute atomic E-state index is 12.0. The lowest BCUT2D eigenvalue weighted by Gasteiger charge is -2.14. The van der Waals surface area contributed by atoms with Gasteiger partial charge in [0.15, 0.2) is 0 Å². The van der Waals surface area contributed by atoms with E-state index in [0.29, 0.717) is 12.3 Å². The zero-order valence-electron chi connectivity index (χ0n) is 17.2. The normalized spacial score (nSPS) is 10.8. The van der Waals surface area contributed by atoms with E-state index in [1.54, 1.807) is 0 Å². The Labute approximate surface area is 174 Å². The second-order valence-corrected chi connectivity index (χ2v) is 7.25. The minimum atomic E-state index is -0.384. The van der Waals surface area contributed by atoms with Crippen molar-refractivity contribution in [1.82, 2.24) is 20.2 Å². The lowest BCUT2D eigenvalue weighted by molar-refractivity contribution is 0.305. The molecule has 4 rings (SSSR count). The summed E-state index contributed by atoms with van der Waals surface area (Å²) in [5.41, 5.74) is 5.52. The Balaban J connectivity index is 1.58. The first kappa shape index (κ1) is 19.4. The van der Waals surface area contributed by atoms with Crippen molar-refractivity contribution in [3.63, 3.8) is 0 Å². The van der Waals surface area contributed by atoms with Crippen LogP contribution >= 0.6 is 0 Å². The average Bonchev–Trinajstić information content (AvgIpc) is 3.18. The number of tetrazole rings is 1. The molecule has 3 aromatic carbocycles. The van der Waals surface area contributed by atoms with Crippen LogP contribution in [-0.4, -0.2) is 34.3 Å². The zero-order chi connectivity index (χ0) is 21.1. The van der Waals surface area contributed by atoms with Gasteiger partial charge in [0, 0.05) is 25.3 Å². The molecule has 30 heavy (non-hydrogen) atoms. The molecule has 0 saturated heterocycles. The van der Waals surface area contributed by atoms with E-state index in [4.69, 9.17) is 4.74 Å². The predicted molar refractivity (Wildman–Crippen MR) is 117 cm³/mol. The molecule has 0 fully saturated rings. The Morgan fingerprint density at radius 2 is 1.77 bits per heavy atom. The first-order chi connectivity index (χ1) is 14.5. The monoisotopic (exact) mass is 401 g/mol. The maximum atomic E-state index is 12.0. The number of hydrogen-bond acceptors (Lipinski definition) is 5. The van der Waals surface area contributed by atoms with Gasteiger partial charge in [-0.25, -0.2) is 9.89 Å². The molecule has 0 aliphatic rings. The number of aromatic amines is 1. The molecular weight excluding hydrogens is 378 g/mol. The molecule has 0 bridgehead atoms. The fourth-order valence-corrected chi connectivity index (χ4v) is 3.30. The first-order valence-corrected chi connectivity index (χ1v) is 9.63. The maximum Gasteiger partial charge on any atom is 0.365 e. The number of aryl methyl sites for hydroxylation is 1. The fourth-order valence-electron chi connectivity index (χ4n) is 3.30. The zero-order valence-corrected chi connectivity index (χ0v) is 17.2. The number of nitrogens with zero attached hydrogens (tertiary/aromatic N) is 4. The molecule has 1 aromatic heterocycles. The van der Waals surface area contributed by atoms with Crippen molar-refractivity contribution in [1.29, 1.82) is 0 Å². The summed E-state index contributed by atoms with van der Waals surface area (Å²) in [6.07, 6.45) is 0. The highest BCUT2D eigenvalue weighted by molar-refractivity contribution is 5.67. The summed E-state index contributed by atoms with van der Waals surface area (Å²) in [6.45, 7) is 2.29. The third kappa shape index (κ3) is 3.96. The molecule has 0 unspecified atom stereocenters. The van der Waals surface area contributed by atoms with Crippen molar-refractivity contribution in [2.75, 3.05) is 19.0 Å². The van der Waals surface area contributed by atoms with Crippen LogP contribution in [0, 0.1) is 6.92 Å². The number of ether oxygens (including phenoxy) is 1. The van der Waals surface area contributed by atoms with Crippen LogP contribution in [-0.2, 0) is 6.61 Å². The van der Waals surface area contributed by atoms with Crippen molar-refractivity contribution in [2.45, 2.75) is 13.5 Å². The number of nitrogens with one attached hydrogen (secondary N) is 1. The highest BCUT2D eigenvalue weighted by Crippen LogP contribution is 2.27. The van der Waals surface area contributed by atoms with E-state index < -0.39 is 0 Å². The van der Waals surface area contributed by atoms with Crippen molar-refractivity contribution in [3.8, 4) is 22.6 Å². The molecule has 0 aliphatic heterocycles. The highest BCUT2D eigenvalue weighted by Gasteiger charge is 2.12. The smallest absolute Gasteiger partial charge is 0.365 e. The molecule has 152 valence electrons. The Kier molecular flexibility index (Phi) is 5.34.